The summed E-state index contributed by atoms with van der Waals surface area (Å²) in [5.74, 6) is 0. The van der Waals surface area contributed by atoms with E-state index in [1.54, 1.807) is 0 Å². The van der Waals surface area contributed by atoms with E-state index in [4.69, 9.17) is 0 Å². The number of anilines is 1. The van der Waals surface area contributed by atoms with Crippen molar-refractivity contribution in [3.05, 3.63) is 29.8 Å². The number of hydrogen-bond acceptors (Lipinski definition) is 2. The zero-order valence-corrected chi connectivity index (χ0v) is 8.96. The van der Waals surface area contributed by atoms with Crippen LogP contribution in [-0.2, 0) is 0 Å². The minimum atomic E-state index is 0.564. The van der Waals surface area contributed by atoms with Crippen molar-refractivity contribution in [2.45, 2.75) is 18.9 Å². The van der Waals surface area contributed by atoms with Gasteiger partial charge in [-0.3, -0.25) is 0 Å². The van der Waals surface area contributed by atoms with Gasteiger partial charge in [0, 0.05) is 25.8 Å². The first kappa shape index (κ1) is 9.53. The fourth-order valence-electron chi connectivity index (χ4n) is 2.14. The molecule has 0 amide bonds. The number of para-hydroxylation sites is 1. The zero-order valence-electron chi connectivity index (χ0n) is 8.96. The van der Waals surface area contributed by atoms with Crippen LogP contribution in [-0.4, -0.2) is 20.6 Å². The summed E-state index contributed by atoms with van der Waals surface area (Å²) in [6.45, 7) is 1.16. The van der Waals surface area contributed by atoms with Gasteiger partial charge in [-0.15, -0.1) is 0 Å². The molecule has 2 rings (SSSR count). The van der Waals surface area contributed by atoms with Gasteiger partial charge in [0.2, 0.25) is 0 Å². The standard InChI is InChI=1S/C12H18N2/c1-14(2)12-8-4-3-6-10(12)11-7-5-9-13-11/h3-4,6,8,11,13H,5,7,9H2,1-2H3/t11-/m0/s1. The van der Waals surface area contributed by atoms with Crippen LogP contribution in [0.25, 0.3) is 0 Å². The number of nitrogens with zero attached hydrogens (tertiary/aromatic N) is 1. The average molecular weight is 190 g/mol. The summed E-state index contributed by atoms with van der Waals surface area (Å²) in [6.07, 6.45) is 2.57. The fraction of sp³-hybridized carbons (Fsp3) is 0.500. The second-order valence-corrected chi connectivity index (χ2v) is 4.10. The third kappa shape index (κ3) is 1.75. The molecule has 1 aromatic carbocycles. The van der Waals surface area contributed by atoms with E-state index < -0.39 is 0 Å². The van der Waals surface area contributed by atoms with E-state index in [1.165, 1.54) is 24.1 Å². The number of benzene rings is 1. The van der Waals surface area contributed by atoms with Gasteiger partial charge in [0.15, 0.2) is 0 Å². The van der Waals surface area contributed by atoms with Crippen LogP contribution in [0.4, 0.5) is 5.69 Å². The lowest BCUT2D eigenvalue weighted by molar-refractivity contribution is 0.647. The monoisotopic (exact) mass is 190 g/mol. The molecule has 2 nitrogen and oxygen atoms in total. The molecule has 1 aliphatic heterocycles. The Hall–Kier alpha value is -1.02. The molecule has 1 N–H and O–H groups in total. The Morgan fingerprint density at radius 2 is 2.07 bits per heavy atom. The first-order valence-corrected chi connectivity index (χ1v) is 5.28. The highest BCUT2D eigenvalue weighted by atomic mass is 15.1. The van der Waals surface area contributed by atoms with E-state index in [0.29, 0.717) is 6.04 Å². The van der Waals surface area contributed by atoms with Crippen LogP contribution in [0.15, 0.2) is 24.3 Å². The molecule has 0 saturated carbocycles. The van der Waals surface area contributed by atoms with Crippen molar-refractivity contribution in [3.8, 4) is 0 Å². The van der Waals surface area contributed by atoms with Crippen molar-refractivity contribution in [1.82, 2.24) is 5.32 Å². The third-order valence-corrected chi connectivity index (χ3v) is 2.85. The normalized spacial score (nSPS) is 21.1. The highest BCUT2D eigenvalue weighted by Crippen LogP contribution is 2.30. The summed E-state index contributed by atoms with van der Waals surface area (Å²) < 4.78 is 0. The van der Waals surface area contributed by atoms with Crippen LogP contribution in [0, 0.1) is 0 Å². The molecule has 0 bridgehead atoms. The summed E-state index contributed by atoms with van der Waals surface area (Å²) in [5, 5.41) is 3.54. The molecule has 0 spiro atoms. The lowest BCUT2D eigenvalue weighted by Crippen LogP contribution is -2.18. The largest absolute Gasteiger partial charge is 0.377 e. The minimum absolute atomic E-state index is 0.564. The molecule has 1 aliphatic rings. The Morgan fingerprint density at radius 3 is 2.71 bits per heavy atom. The maximum Gasteiger partial charge on any atom is 0.0409 e. The molecule has 1 saturated heterocycles. The molecule has 1 heterocycles. The second-order valence-electron chi connectivity index (χ2n) is 4.10. The second kappa shape index (κ2) is 4.01. The van der Waals surface area contributed by atoms with Crippen molar-refractivity contribution in [2.75, 3.05) is 25.5 Å². The smallest absolute Gasteiger partial charge is 0.0409 e. The quantitative estimate of drug-likeness (QED) is 0.769. The van der Waals surface area contributed by atoms with Gasteiger partial charge in [0.05, 0.1) is 0 Å². The molecule has 0 unspecified atom stereocenters. The van der Waals surface area contributed by atoms with E-state index in [1.807, 2.05) is 0 Å². The molecule has 0 radical (unpaired) electrons. The van der Waals surface area contributed by atoms with Crippen molar-refractivity contribution in [3.63, 3.8) is 0 Å². The van der Waals surface area contributed by atoms with Crippen LogP contribution in [0.3, 0.4) is 0 Å². The fourth-order valence-corrected chi connectivity index (χ4v) is 2.14. The zero-order chi connectivity index (χ0) is 9.97. The van der Waals surface area contributed by atoms with Gasteiger partial charge in [-0.25, -0.2) is 0 Å². The predicted octanol–water partition coefficient (Wildman–Crippen LogP) is 2.18. The van der Waals surface area contributed by atoms with E-state index in [2.05, 4.69) is 48.6 Å². The van der Waals surface area contributed by atoms with E-state index >= 15 is 0 Å². The lowest BCUT2D eigenvalue weighted by atomic mass is 10.0. The van der Waals surface area contributed by atoms with Crippen molar-refractivity contribution in [1.29, 1.82) is 0 Å². The summed E-state index contributed by atoms with van der Waals surface area (Å²) >= 11 is 0. The number of hydrogen-bond donors (Lipinski definition) is 1. The first-order chi connectivity index (χ1) is 6.79. The molecular weight excluding hydrogens is 172 g/mol. The van der Waals surface area contributed by atoms with Crippen LogP contribution < -0.4 is 10.2 Å². The number of rotatable bonds is 2. The molecule has 0 aromatic heterocycles. The highest BCUT2D eigenvalue weighted by molar-refractivity contribution is 5.54. The molecule has 1 fully saturated rings. The Bertz CT molecular complexity index is 301. The molecular formula is C12H18N2. The number of nitrogens with one attached hydrogen (secondary N) is 1. The molecule has 1 aromatic rings. The van der Waals surface area contributed by atoms with Crippen LogP contribution >= 0.6 is 0 Å². The summed E-state index contributed by atoms with van der Waals surface area (Å²) in [6, 6.07) is 9.22. The first-order valence-electron chi connectivity index (χ1n) is 5.28. The van der Waals surface area contributed by atoms with E-state index in [9.17, 15) is 0 Å². The van der Waals surface area contributed by atoms with E-state index in [-0.39, 0.29) is 0 Å². The van der Waals surface area contributed by atoms with Crippen LogP contribution in [0.5, 0.6) is 0 Å². The minimum Gasteiger partial charge on any atom is -0.377 e. The van der Waals surface area contributed by atoms with Gasteiger partial charge in [-0.1, -0.05) is 18.2 Å². The Morgan fingerprint density at radius 1 is 1.29 bits per heavy atom. The lowest BCUT2D eigenvalue weighted by Gasteiger charge is -2.21. The maximum atomic E-state index is 3.54. The maximum absolute atomic E-state index is 3.54. The van der Waals surface area contributed by atoms with Gasteiger partial charge in [-0.05, 0) is 31.0 Å². The third-order valence-electron chi connectivity index (χ3n) is 2.85. The average Bonchev–Trinajstić information content (AvgIpc) is 2.70. The predicted molar refractivity (Wildman–Crippen MR) is 60.7 cm³/mol. The molecule has 76 valence electrons. The van der Waals surface area contributed by atoms with Gasteiger partial charge >= 0.3 is 0 Å². The van der Waals surface area contributed by atoms with Gasteiger partial charge in [0.25, 0.3) is 0 Å². The van der Waals surface area contributed by atoms with Crippen LogP contribution in [0.2, 0.25) is 0 Å². The van der Waals surface area contributed by atoms with Crippen molar-refractivity contribution < 1.29 is 0 Å². The molecule has 0 aliphatic carbocycles. The summed E-state index contributed by atoms with van der Waals surface area (Å²) in [5.41, 5.74) is 2.78. The molecule has 2 heteroatoms. The van der Waals surface area contributed by atoms with Gasteiger partial charge in [-0.2, -0.15) is 0 Å². The molecule has 14 heavy (non-hydrogen) atoms. The Balaban J connectivity index is 2.30. The Kier molecular flexibility index (Phi) is 2.73. The summed E-state index contributed by atoms with van der Waals surface area (Å²) in [4.78, 5) is 2.19. The summed E-state index contributed by atoms with van der Waals surface area (Å²) in [7, 11) is 4.21. The highest BCUT2D eigenvalue weighted by Gasteiger charge is 2.19. The van der Waals surface area contributed by atoms with Crippen molar-refractivity contribution >= 4 is 5.69 Å². The van der Waals surface area contributed by atoms with Gasteiger partial charge in [0.1, 0.15) is 0 Å². The van der Waals surface area contributed by atoms with Crippen molar-refractivity contribution in [2.24, 2.45) is 0 Å². The van der Waals surface area contributed by atoms with E-state index in [0.717, 1.165) is 6.54 Å². The molecule has 1 atom stereocenters. The Labute approximate surface area is 85.9 Å². The SMILES string of the molecule is CN(C)c1ccccc1[C@@H]1CCCN1. The van der Waals surface area contributed by atoms with Crippen LogP contribution in [0.1, 0.15) is 24.4 Å². The van der Waals surface area contributed by atoms with Gasteiger partial charge < -0.3 is 10.2 Å². The topological polar surface area (TPSA) is 15.3 Å².